The number of ether oxygens (including phenoxy) is 3. The number of fused-ring (bicyclic) bond motifs is 3. The lowest BCUT2D eigenvalue weighted by Gasteiger charge is -2.25. The second-order valence-corrected chi connectivity index (χ2v) is 28.6. The van der Waals surface area contributed by atoms with E-state index in [0.717, 1.165) is 151 Å². The zero-order chi connectivity index (χ0) is 70.0. The zero-order valence-corrected chi connectivity index (χ0v) is 61.5. The van der Waals surface area contributed by atoms with Crippen molar-refractivity contribution in [2.45, 2.75) is 119 Å². The van der Waals surface area contributed by atoms with E-state index in [-0.39, 0.29) is 43.5 Å². The van der Waals surface area contributed by atoms with E-state index in [2.05, 4.69) is 39.8 Å². The molecule has 0 N–H and O–H groups in total. The standard InChI is InChI=1S/2C25H31ClN2O4S.C25H32N2O4S/c2*1-18-15-19(2)24(26)21-16-20(27-32-17-22(29)28-10-13-33-14-11-28)9-7-5-3-4-6-8-12-31-25(30)23(18)21;1-19-15-20(2)24-21(16-19)17-22(9-7-5-3-4-6-8-12-30-25(24)29)26-31-18-23(28)27-10-13-32-14-11-27/h2*4,6-7,9,15H,3,5,8,10-14,16-17H2,1-2H3;4,6-7,9,15-16H,3,5,8,10-14,17-18H2,1-2H3/b6-4+,9-7+,27-20+;6-4+,9-7+,27-20-;6-4+,9-7+,26-22-. The summed E-state index contributed by atoms with van der Waals surface area (Å²) in [6.07, 6.45) is 32.4. The first kappa shape index (κ1) is 78.3. The number of amides is 3. The van der Waals surface area contributed by atoms with Crippen molar-refractivity contribution in [3.05, 3.63) is 174 Å². The van der Waals surface area contributed by atoms with Gasteiger partial charge in [-0.1, -0.05) is 123 Å². The topological polar surface area (TPSA) is 205 Å². The Morgan fingerprint density at radius 3 is 1.07 bits per heavy atom. The molecule has 3 aromatic carbocycles. The molecule has 0 unspecified atom stereocenters. The van der Waals surface area contributed by atoms with Crippen LogP contribution in [0.4, 0.5) is 0 Å². The molecule has 0 spiro atoms. The molecule has 0 bridgehead atoms. The quantitative estimate of drug-likeness (QED) is 0.0846. The van der Waals surface area contributed by atoms with E-state index in [9.17, 15) is 28.8 Å². The van der Waals surface area contributed by atoms with Crippen molar-refractivity contribution < 1.29 is 57.5 Å². The van der Waals surface area contributed by atoms with Crippen molar-refractivity contribution in [1.29, 1.82) is 0 Å². The number of esters is 3. The molecule has 0 saturated carbocycles. The van der Waals surface area contributed by atoms with Gasteiger partial charge in [-0.15, -0.1) is 0 Å². The van der Waals surface area contributed by atoms with Crippen molar-refractivity contribution >= 4 is 111 Å². The Balaban J connectivity index is 0.000000207. The number of allylic oxidation sites excluding steroid dienone is 9. The van der Waals surface area contributed by atoms with E-state index < -0.39 is 11.9 Å². The molecule has 0 atom stereocenters. The summed E-state index contributed by atoms with van der Waals surface area (Å²) in [5.41, 5.74) is 10.9. The third kappa shape index (κ3) is 25.9. The van der Waals surface area contributed by atoms with Crippen molar-refractivity contribution in [3.63, 3.8) is 0 Å². The Hall–Kier alpha value is -7.04. The van der Waals surface area contributed by atoms with Crippen molar-refractivity contribution in [2.75, 3.05) is 113 Å². The first-order chi connectivity index (χ1) is 47.5. The molecule has 9 rings (SSSR count). The number of oxime groups is 3. The van der Waals surface area contributed by atoms with Crippen LogP contribution in [0, 0.1) is 41.5 Å². The molecule has 0 radical (unpaired) electrons. The van der Waals surface area contributed by atoms with E-state index in [1.807, 2.05) is 155 Å². The monoisotopic (exact) mass is 1440 g/mol. The molecule has 0 aromatic heterocycles. The van der Waals surface area contributed by atoms with Crippen LogP contribution in [0.25, 0.3) is 0 Å². The van der Waals surface area contributed by atoms with Crippen LogP contribution in [0.1, 0.15) is 139 Å². The number of thioether (sulfide) groups is 3. The fourth-order valence-electron chi connectivity index (χ4n) is 11.4. The smallest absolute Gasteiger partial charge is 0.338 e. The second-order valence-electron chi connectivity index (χ2n) is 24.2. The molecule has 3 saturated heterocycles. The zero-order valence-electron chi connectivity index (χ0n) is 57.5. The van der Waals surface area contributed by atoms with Crippen LogP contribution in [-0.4, -0.2) is 181 Å². The van der Waals surface area contributed by atoms with Crippen LogP contribution in [0.15, 0.2) is 113 Å². The number of carbonyl (C=O) groups excluding carboxylic acids is 6. The Morgan fingerprint density at radius 2 is 0.714 bits per heavy atom. The fourth-order valence-corrected chi connectivity index (χ4v) is 14.6. The summed E-state index contributed by atoms with van der Waals surface area (Å²) in [7, 11) is 0. The van der Waals surface area contributed by atoms with Crippen LogP contribution < -0.4 is 0 Å². The molecule has 98 heavy (non-hydrogen) atoms. The maximum atomic E-state index is 12.9. The van der Waals surface area contributed by atoms with E-state index in [4.69, 9.17) is 51.9 Å². The van der Waals surface area contributed by atoms with Gasteiger partial charge < -0.3 is 43.4 Å². The lowest BCUT2D eigenvalue weighted by molar-refractivity contribution is -0.136. The van der Waals surface area contributed by atoms with E-state index in [1.165, 1.54) is 0 Å². The van der Waals surface area contributed by atoms with Gasteiger partial charge in [-0.25, -0.2) is 14.4 Å². The summed E-state index contributed by atoms with van der Waals surface area (Å²) in [6, 6.07) is 7.77. The highest BCUT2D eigenvalue weighted by Crippen LogP contribution is 2.32. The highest BCUT2D eigenvalue weighted by molar-refractivity contribution is 7.99. The summed E-state index contributed by atoms with van der Waals surface area (Å²) in [4.78, 5) is 97.7. The largest absolute Gasteiger partial charge is 0.462 e. The van der Waals surface area contributed by atoms with Crippen molar-refractivity contribution in [3.8, 4) is 0 Å². The first-order valence-electron chi connectivity index (χ1n) is 33.7. The predicted molar refractivity (Wildman–Crippen MR) is 398 cm³/mol. The minimum absolute atomic E-state index is 0.0414. The molecule has 0 aliphatic carbocycles. The molecule has 18 nitrogen and oxygen atoms in total. The summed E-state index contributed by atoms with van der Waals surface area (Å²) in [6.45, 7) is 16.7. The first-order valence-corrected chi connectivity index (χ1v) is 38.0. The number of nitrogens with zero attached hydrogens (tertiary/aromatic N) is 6. The predicted octanol–water partition coefficient (Wildman–Crippen LogP) is 14.0. The van der Waals surface area contributed by atoms with Crippen LogP contribution in [0.3, 0.4) is 0 Å². The Kier molecular flexibility index (Phi) is 34.2. The van der Waals surface area contributed by atoms with E-state index in [0.29, 0.717) is 113 Å². The number of carbonyl (C=O) groups is 6. The molecule has 3 aromatic rings. The number of hydrogen-bond acceptors (Lipinski definition) is 18. The number of rotatable bonds is 9. The molecule has 6 aliphatic rings. The number of hydrogen-bond donors (Lipinski definition) is 0. The van der Waals surface area contributed by atoms with Crippen molar-refractivity contribution in [2.24, 2.45) is 15.5 Å². The summed E-state index contributed by atoms with van der Waals surface area (Å²) < 4.78 is 16.5. The molecule has 3 amide bonds. The van der Waals surface area contributed by atoms with Crippen LogP contribution in [0.5, 0.6) is 0 Å². The lowest BCUT2D eigenvalue weighted by Crippen LogP contribution is -2.39. The minimum atomic E-state index is -0.391. The molecule has 528 valence electrons. The van der Waals surface area contributed by atoms with Gasteiger partial charge in [0.25, 0.3) is 17.7 Å². The Morgan fingerprint density at radius 1 is 0.408 bits per heavy atom. The van der Waals surface area contributed by atoms with Gasteiger partial charge in [0.1, 0.15) is 0 Å². The molecular formula is C75H94Cl2N6O12S3. The summed E-state index contributed by atoms with van der Waals surface area (Å²) >= 11 is 18.9. The third-order valence-corrected chi connectivity index (χ3v) is 20.3. The molecule has 6 aliphatic heterocycles. The van der Waals surface area contributed by atoms with Gasteiger partial charge >= 0.3 is 17.9 Å². The number of aryl methyl sites for hydroxylation is 6. The SMILES string of the molecule is Cc1cc(C)c2c(c1)CC(=N\OCC(=O)N1CCSCC1)/C=C/CC/C=C/CCOC2=O.Cc1cc(C)c2c(c1Cl)CC(=N/OCC(=O)N1CCSCC1)/C=C/CC/C=C/CCOC2=O.Cc1cc(C)c2c(c1Cl)CC(=N\OCC(=O)N1CCSCC1)/C=C/CC/C=C/CCOC2=O. The molecular weight excluding hydrogens is 1340 g/mol. The van der Waals surface area contributed by atoms with Crippen LogP contribution in [0.2, 0.25) is 10.0 Å². The molecule has 3 fully saturated rings. The van der Waals surface area contributed by atoms with Crippen molar-refractivity contribution in [1.82, 2.24) is 14.7 Å². The maximum Gasteiger partial charge on any atom is 0.338 e. The number of benzene rings is 3. The maximum absolute atomic E-state index is 12.9. The third-order valence-electron chi connectivity index (χ3n) is 16.4. The highest BCUT2D eigenvalue weighted by atomic mass is 35.5. The fraction of sp³-hybridized carbons (Fsp3) is 0.480. The Labute approximate surface area is 601 Å². The summed E-state index contributed by atoms with van der Waals surface area (Å²) in [5, 5.41) is 13.8. The molecule has 6 heterocycles. The van der Waals surface area contributed by atoms with Gasteiger partial charge in [-0.3, -0.25) is 14.4 Å². The van der Waals surface area contributed by atoms with E-state index >= 15 is 0 Å². The average Bonchev–Trinajstić information content (AvgIpc) is 0.817. The lowest BCUT2D eigenvalue weighted by atomic mass is 9.94. The normalized spacial score (nSPS) is 21.1. The van der Waals surface area contributed by atoms with Gasteiger partial charge in [0.2, 0.25) is 0 Å². The number of cyclic esters (lactones) is 3. The van der Waals surface area contributed by atoms with Crippen LogP contribution in [-0.2, 0) is 62.4 Å². The van der Waals surface area contributed by atoms with Gasteiger partial charge in [0.15, 0.2) is 19.8 Å². The number of halogens is 2. The van der Waals surface area contributed by atoms with Gasteiger partial charge in [-0.2, -0.15) is 35.3 Å². The van der Waals surface area contributed by atoms with Gasteiger partial charge in [-0.05, 0) is 162 Å². The van der Waals surface area contributed by atoms with E-state index in [1.54, 1.807) is 9.80 Å². The van der Waals surface area contributed by atoms with Crippen LogP contribution >= 0.6 is 58.5 Å². The average molecular weight is 1440 g/mol. The molecule has 23 heteroatoms. The second kappa shape index (κ2) is 42.8. The summed E-state index contributed by atoms with van der Waals surface area (Å²) in [5.74, 6) is 4.44. The van der Waals surface area contributed by atoms with Gasteiger partial charge in [0.05, 0.1) is 53.6 Å². The van der Waals surface area contributed by atoms with Gasteiger partial charge in [0, 0.05) is 103 Å². The minimum Gasteiger partial charge on any atom is -0.462 e. The Bertz CT molecular complexity index is 3370. The highest BCUT2D eigenvalue weighted by Gasteiger charge is 2.26.